The van der Waals surface area contributed by atoms with Crippen LogP contribution in [0.3, 0.4) is 0 Å². The molecule has 1 saturated carbocycles. The number of aromatic nitrogens is 2. The van der Waals surface area contributed by atoms with Crippen molar-refractivity contribution in [2.75, 3.05) is 0 Å². The summed E-state index contributed by atoms with van der Waals surface area (Å²) in [6.07, 6.45) is 2.20. The van der Waals surface area contributed by atoms with Crippen LogP contribution in [0, 0.1) is 12.8 Å². The average Bonchev–Trinajstić information content (AvgIpc) is 3.28. The Labute approximate surface area is 133 Å². The molecular formula is C17H18F2N2O2. The molecule has 0 spiro atoms. The van der Waals surface area contributed by atoms with E-state index >= 15 is 0 Å². The van der Waals surface area contributed by atoms with Crippen molar-refractivity contribution in [1.82, 2.24) is 9.78 Å². The van der Waals surface area contributed by atoms with Gasteiger partial charge in [0, 0.05) is 12.2 Å². The van der Waals surface area contributed by atoms with Gasteiger partial charge < -0.3 is 4.74 Å². The Hall–Kier alpha value is -2.24. The van der Waals surface area contributed by atoms with E-state index in [0.717, 1.165) is 12.8 Å². The molecule has 0 unspecified atom stereocenters. The van der Waals surface area contributed by atoms with Gasteiger partial charge in [0.1, 0.15) is 12.3 Å². The van der Waals surface area contributed by atoms with Crippen molar-refractivity contribution in [2.24, 2.45) is 5.92 Å². The molecule has 4 nitrogen and oxygen atoms in total. The third-order valence-corrected chi connectivity index (χ3v) is 3.90. The maximum atomic E-state index is 14.2. The summed E-state index contributed by atoms with van der Waals surface area (Å²) in [6.45, 7) is 2.16. The molecule has 0 atom stereocenters. The molecule has 0 amide bonds. The molecule has 2 aromatic rings. The molecule has 1 heterocycles. The number of hydrogen-bond donors (Lipinski definition) is 0. The van der Waals surface area contributed by atoms with Gasteiger partial charge in [0.05, 0.1) is 0 Å². The Bertz CT molecular complexity index is 694. The molecule has 3 rings (SSSR count). The van der Waals surface area contributed by atoms with E-state index < -0.39 is 17.6 Å². The van der Waals surface area contributed by atoms with Gasteiger partial charge in [0.2, 0.25) is 0 Å². The molecular weight excluding hydrogens is 302 g/mol. The highest BCUT2D eigenvalue weighted by Gasteiger charge is 2.45. The summed E-state index contributed by atoms with van der Waals surface area (Å²) in [4.78, 5) is 11.8. The summed E-state index contributed by atoms with van der Waals surface area (Å²) in [5.41, 5.74) is 0.739. The quantitative estimate of drug-likeness (QED) is 0.766. The molecule has 23 heavy (non-hydrogen) atoms. The molecule has 1 fully saturated rings. The number of carbonyl (C=O) groups excluding carboxylic acids is 1. The maximum absolute atomic E-state index is 14.2. The van der Waals surface area contributed by atoms with Crippen LogP contribution in [0.5, 0.6) is 0 Å². The number of carbonyl (C=O) groups is 1. The summed E-state index contributed by atoms with van der Waals surface area (Å²) >= 11 is 0. The van der Waals surface area contributed by atoms with Gasteiger partial charge in [-0.3, -0.25) is 4.68 Å². The van der Waals surface area contributed by atoms with Gasteiger partial charge in [0.25, 0.3) is 0 Å². The molecule has 0 N–H and O–H groups in total. The summed E-state index contributed by atoms with van der Waals surface area (Å²) < 4.78 is 34.8. The third-order valence-electron chi connectivity index (χ3n) is 3.90. The summed E-state index contributed by atoms with van der Waals surface area (Å²) in [7, 11) is 0. The van der Waals surface area contributed by atoms with E-state index in [1.807, 2.05) is 0 Å². The standard InChI is InChI=1S/C17H18F2N2O2/c1-12-9-15(20-21(12)10-13-7-8-13)17(18,19)16(22)23-11-14-5-3-2-4-6-14/h2-6,9,13H,7-8,10-11H2,1H3. The van der Waals surface area contributed by atoms with Crippen molar-refractivity contribution in [1.29, 1.82) is 0 Å². The van der Waals surface area contributed by atoms with Crippen LogP contribution in [0.15, 0.2) is 36.4 Å². The van der Waals surface area contributed by atoms with Crippen molar-refractivity contribution in [3.05, 3.63) is 53.3 Å². The summed E-state index contributed by atoms with van der Waals surface area (Å²) in [6, 6.07) is 9.98. The van der Waals surface area contributed by atoms with E-state index in [1.54, 1.807) is 41.9 Å². The minimum atomic E-state index is -3.74. The second-order valence-corrected chi connectivity index (χ2v) is 5.93. The Morgan fingerprint density at radius 2 is 2.04 bits per heavy atom. The predicted octanol–water partition coefficient (Wildman–Crippen LogP) is 3.44. The second kappa shape index (κ2) is 6.10. The summed E-state index contributed by atoms with van der Waals surface area (Å²) in [5, 5.41) is 3.90. The summed E-state index contributed by atoms with van der Waals surface area (Å²) in [5.74, 6) is -4.80. The first-order chi connectivity index (χ1) is 11.0. The zero-order chi connectivity index (χ0) is 16.4. The van der Waals surface area contributed by atoms with E-state index in [9.17, 15) is 13.6 Å². The van der Waals surface area contributed by atoms with E-state index in [2.05, 4.69) is 5.10 Å². The monoisotopic (exact) mass is 320 g/mol. The molecule has 6 heteroatoms. The number of halogens is 2. The average molecular weight is 320 g/mol. The number of ether oxygens (including phenoxy) is 1. The first-order valence-corrected chi connectivity index (χ1v) is 7.60. The Morgan fingerprint density at radius 3 is 2.70 bits per heavy atom. The molecule has 0 bridgehead atoms. The molecule has 122 valence electrons. The van der Waals surface area contributed by atoms with E-state index in [1.165, 1.54) is 6.07 Å². The zero-order valence-corrected chi connectivity index (χ0v) is 12.8. The van der Waals surface area contributed by atoms with Gasteiger partial charge in [-0.1, -0.05) is 30.3 Å². The van der Waals surface area contributed by atoms with Crippen LogP contribution in [-0.4, -0.2) is 15.7 Å². The Kier molecular flexibility index (Phi) is 4.15. The van der Waals surface area contributed by atoms with Crippen molar-refractivity contribution >= 4 is 5.97 Å². The third kappa shape index (κ3) is 3.57. The van der Waals surface area contributed by atoms with Gasteiger partial charge in [-0.2, -0.15) is 13.9 Å². The predicted molar refractivity (Wildman–Crippen MR) is 79.8 cm³/mol. The number of aryl methyl sites for hydroxylation is 1. The zero-order valence-electron chi connectivity index (χ0n) is 12.8. The van der Waals surface area contributed by atoms with Crippen molar-refractivity contribution < 1.29 is 18.3 Å². The highest BCUT2D eigenvalue weighted by molar-refractivity contribution is 5.78. The molecule has 1 aromatic carbocycles. The number of esters is 1. The number of benzene rings is 1. The van der Waals surface area contributed by atoms with Crippen LogP contribution < -0.4 is 0 Å². The number of nitrogens with zero attached hydrogens (tertiary/aromatic N) is 2. The SMILES string of the molecule is Cc1cc(C(F)(F)C(=O)OCc2ccccc2)nn1CC1CC1. The van der Waals surface area contributed by atoms with Crippen LogP contribution >= 0.6 is 0 Å². The lowest BCUT2D eigenvalue weighted by Crippen LogP contribution is -2.29. The van der Waals surface area contributed by atoms with Gasteiger partial charge in [-0.15, -0.1) is 0 Å². The fourth-order valence-corrected chi connectivity index (χ4v) is 2.31. The van der Waals surface area contributed by atoms with Crippen LogP contribution in [0.1, 0.15) is 29.8 Å². The van der Waals surface area contributed by atoms with Gasteiger partial charge >= 0.3 is 11.9 Å². The molecule has 0 radical (unpaired) electrons. The second-order valence-electron chi connectivity index (χ2n) is 5.93. The molecule has 1 aliphatic rings. The smallest absolute Gasteiger partial charge is 0.386 e. The van der Waals surface area contributed by atoms with E-state index in [-0.39, 0.29) is 6.61 Å². The minimum Gasteiger partial charge on any atom is -0.456 e. The largest absolute Gasteiger partial charge is 0.456 e. The number of hydrogen-bond acceptors (Lipinski definition) is 3. The van der Waals surface area contributed by atoms with Crippen LogP contribution in [0.4, 0.5) is 8.78 Å². The molecule has 1 aliphatic carbocycles. The number of rotatable bonds is 6. The Balaban J connectivity index is 1.68. The lowest BCUT2D eigenvalue weighted by Gasteiger charge is -2.13. The topological polar surface area (TPSA) is 44.1 Å². The molecule has 0 aliphatic heterocycles. The highest BCUT2D eigenvalue weighted by atomic mass is 19.3. The van der Waals surface area contributed by atoms with E-state index in [0.29, 0.717) is 23.7 Å². The fraction of sp³-hybridized carbons (Fsp3) is 0.412. The molecule has 0 saturated heterocycles. The van der Waals surface area contributed by atoms with Gasteiger partial charge in [-0.05, 0) is 37.3 Å². The van der Waals surface area contributed by atoms with Crippen molar-refractivity contribution in [3.63, 3.8) is 0 Å². The number of alkyl halides is 2. The lowest BCUT2D eigenvalue weighted by molar-refractivity contribution is -0.175. The van der Waals surface area contributed by atoms with Crippen LogP contribution in [0.25, 0.3) is 0 Å². The van der Waals surface area contributed by atoms with E-state index in [4.69, 9.17) is 4.74 Å². The normalized spacial score (nSPS) is 14.7. The first-order valence-electron chi connectivity index (χ1n) is 7.60. The van der Waals surface area contributed by atoms with Crippen LogP contribution in [0.2, 0.25) is 0 Å². The maximum Gasteiger partial charge on any atom is 0.386 e. The van der Waals surface area contributed by atoms with Crippen molar-refractivity contribution in [2.45, 2.75) is 38.8 Å². The Morgan fingerprint density at radius 1 is 1.35 bits per heavy atom. The van der Waals surface area contributed by atoms with Crippen molar-refractivity contribution in [3.8, 4) is 0 Å². The van der Waals surface area contributed by atoms with Crippen LogP contribution in [-0.2, 0) is 28.6 Å². The van der Waals surface area contributed by atoms with Gasteiger partial charge in [-0.25, -0.2) is 4.79 Å². The minimum absolute atomic E-state index is 0.184. The fourth-order valence-electron chi connectivity index (χ4n) is 2.31. The van der Waals surface area contributed by atoms with Gasteiger partial charge in [0.15, 0.2) is 0 Å². The first kappa shape index (κ1) is 15.6. The highest BCUT2D eigenvalue weighted by Crippen LogP contribution is 2.33. The molecule has 1 aromatic heterocycles. The lowest BCUT2D eigenvalue weighted by atomic mass is 10.2.